The van der Waals surface area contributed by atoms with E-state index >= 15 is 0 Å². The summed E-state index contributed by atoms with van der Waals surface area (Å²) in [7, 11) is 0. The van der Waals surface area contributed by atoms with Crippen LogP contribution in [0.2, 0.25) is 0 Å². The Morgan fingerprint density at radius 3 is 2.68 bits per heavy atom. The molecule has 5 nitrogen and oxygen atoms in total. The Balaban J connectivity index is 1.57. The van der Waals surface area contributed by atoms with Crippen LogP contribution >= 0.6 is 0 Å². The smallest absolute Gasteiger partial charge is 0.315 e. The molecule has 2 N–H and O–H groups in total. The number of hydrogen-bond acceptors (Lipinski definition) is 3. The van der Waals surface area contributed by atoms with E-state index in [2.05, 4.69) is 17.6 Å². The summed E-state index contributed by atoms with van der Waals surface area (Å²) >= 11 is 0. The molecule has 0 aromatic rings. The summed E-state index contributed by atoms with van der Waals surface area (Å²) in [5.41, 5.74) is 0. The van der Waals surface area contributed by atoms with E-state index in [9.17, 15) is 4.79 Å². The summed E-state index contributed by atoms with van der Waals surface area (Å²) in [6, 6.07) is 0.206. The Labute approximate surface area is 115 Å². The van der Waals surface area contributed by atoms with Crippen molar-refractivity contribution in [3.05, 3.63) is 0 Å². The molecular formula is C14H26N2O3. The predicted molar refractivity (Wildman–Crippen MR) is 73.1 cm³/mol. The molecule has 0 unspecified atom stereocenters. The molecule has 0 spiro atoms. The van der Waals surface area contributed by atoms with Gasteiger partial charge in [0.25, 0.3) is 0 Å². The third-order valence-electron chi connectivity index (χ3n) is 4.06. The summed E-state index contributed by atoms with van der Waals surface area (Å²) in [4.78, 5) is 11.8. The molecule has 2 amide bonds. The van der Waals surface area contributed by atoms with Crippen molar-refractivity contribution in [2.75, 3.05) is 19.8 Å². The van der Waals surface area contributed by atoms with Gasteiger partial charge in [-0.3, -0.25) is 0 Å². The monoisotopic (exact) mass is 270 g/mol. The van der Waals surface area contributed by atoms with Gasteiger partial charge in [-0.1, -0.05) is 6.42 Å². The number of carbonyl (C=O) groups excluding carboxylic acids is 1. The van der Waals surface area contributed by atoms with Gasteiger partial charge in [0.1, 0.15) is 0 Å². The molecule has 1 aliphatic heterocycles. The molecule has 2 aliphatic rings. The van der Waals surface area contributed by atoms with Gasteiger partial charge in [0.2, 0.25) is 0 Å². The number of carbonyl (C=O) groups is 1. The summed E-state index contributed by atoms with van der Waals surface area (Å²) in [6.07, 6.45) is 4.92. The van der Waals surface area contributed by atoms with Crippen LogP contribution in [0.25, 0.3) is 0 Å². The van der Waals surface area contributed by atoms with Crippen LogP contribution in [0.3, 0.4) is 0 Å². The van der Waals surface area contributed by atoms with Gasteiger partial charge in [-0.15, -0.1) is 0 Å². The summed E-state index contributed by atoms with van der Waals surface area (Å²) in [5, 5.41) is 5.93. The molecule has 1 aliphatic carbocycles. The Bertz CT molecular complexity index is 288. The van der Waals surface area contributed by atoms with Gasteiger partial charge in [-0.05, 0) is 39.0 Å². The topological polar surface area (TPSA) is 59.6 Å². The van der Waals surface area contributed by atoms with Crippen LogP contribution in [0, 0.1) is 5.92 Å². The van der Waals surface area contributed by atoms with Gasteiger partial charge >= 0.3 is 6.03 Å². The number of amides is 2. The van der Waals surface area contributed by atoms with E-state index in [1.807, 2.05) is 6.92 Å². The van der Waals surface area contributed by atoms with E-state index in [1.165, 1.54) is 19.3 Å². The van der Waals surface area contributed by atoms with E-state index in [0.717, 1.165) is 13.0 Å². The van der Waals surface area contributed by atoms with Crippen molar-refractivity contribution in [2.45, 2.75) is 57.7 Å². The molecule has 0 radical (unpaired) electrons. The molecule has 0 aromatic heterocycles. The van der Waals surface area contributed by atoms with Gasteiger partial charge in [0.05, 0.1) is 25.4 Å². The van der Waals surface area contributed by atoms with E-state index in [1.54, 1.807) is 0 Å². The summed E-state index contributed by atoms with van der Waals surface area (Å²) < 4.78 is 10.9. The van der Waals surface area contributed by atoms with Crippen molar-refractivity contribution in [1.82, 2.24) is 10.6 Å². The molecular weight excluding hydrogens is 244 g/mol. The lowest BCUT2D eigenvalue weighted by atomic mass is 9.80. The van der Waals surface area contributed by atoms with Crippen LogP contribution in [0.5, 0.6) is 0 Å². The first kappa shape index (κ1) is 14.6. The average molecular weight is 270 g/mol. The molecule has 19 heavy (non-hydrogen) atoms. The molecule has 2 fully saturated rings. The van der Waals surface area contributed by atoms with Crippen LogP contribution in [0.1, 0.15) is 39.5 Å². The first-order chi connectivity index (χ1) is 9.15. The van der Waals surface area contributed by atoms with E-state index in [4.69, 9.17) is 9.47 Å². The highest BCUT2D eigenvalue weighted by molar-refractivity contribution is 5.74. The highest BCUT2D eigenvalue weighted by Crippen LogP contribution is 2.29. The molecule has 1 heterocycles. The number of hydrogen-bond donors (Lipinski definition) is 2. The average Bonchev–Trinajstić information content (AvgIpc) is 2.75. The molecule has 0 bridgehead atoms. The van der Waals surface area contributed by atoms with Gasteiger partial charge in [0.15, 0.2) is 0 Å². The minimum atomic E-state index is -0.0850. The zero-order chi connectivity index (χ0) is 13.7. The maximum absolute atomic E-state index is 11.8. The fraction of sp³-hybridized carbons (Fsp3) is 0.929. The van der Waals surface area contributed by atoms with Crippen LogP contribution in [0.4, 0.5) is 4.79 Å². The Morgan fingerprint density at radius 1 is 1.32 bits per heavy atom. The summed E-state index contributed by atoms with van der Waals surface area (Å²) in [6.45, 7) is 6.05. The Kier molecular flexibility index (Phi) is 5.45. The lowest BCUT2D eigenvalue weighted by Crippen LogP contribution is -2.49. The third kappa shape index (κ3) is 4.66. The van der Waals surface area contributed by atoms with E-state index in [0.29, 0.717) is 19.1 Å². The quantitative estimate of drug-likeness (QED) is 0.772. The molecule has 110 valence electrons. The van der Waals surface area contributed by atoms with Crippen molar-refractivity contribution in [3.8, 4) is 0 Å². The lowest BCUT2D eigenvalue weighted by Gasteiger charge is -2.32. The van der Waals surface area contributed by atoms with Crippen LogP contribution in [-0.4, -0.2) is 44.0 Å². The minimum Gasteiger partial charge on any atom is -0.379 e. The first-order valence-electron chi connectivity index (χ1n) is 7.41. The molecule has 5 heteroatoms. The second kappa shape index (κ2) is 7.10. The standard InChI is InChI=1S/C14H26N2O3/c1-10(8-19-13-6-7-18-9-13)15-14(17)16-11(2)12-4-3-5-12/h10-13H,3-9H2,1-2H3,(H2,15,16,17)/t10-,11+,13-/m1/s1. The fourth-order valence-electron chi connectivity index (χ4n) is 2.50. The number of nitrogens with one attached hydrogen (secondary N) is 2. The second-order valence-electron chi connectivity index (χ2n) is 5.82. The summed E-state index contributed by atoms with van der Waals surface area (Å²) in [5.74, 6) is 0.660. The number of ether oxygens (including phenoxy) is 2. The van der Waals surface area contributed by atoms with Crippen molar-refractivity contribution in [3.63, 3.8) is 0 Å². The number of rotatable bonds is 6. The molecule has 0 aromatic carbocycles. The minimum absolute atomic E-state index is 0.0224. The van der Waals surface area contributed by atoms with E-state index in [-0.39, 0.29) is 24.2 Å². The zero-order valence-corrected chi connectivity index (χ0v) is 12.0. The molecule has 2 rings (SSSR count). The highest BCUT2D eigenvalue weighted by atomic mass is 16.5. The van der Waals surface area contributed by atoms with Crippen molar-refractivity contribution < 1.29 is 14.3 Å². The Morgan fingerprint density at radius 2 is 2.11 bits per heavy atom. The van der Waals surface area contributed by atoms with Crippen LogP contribution < -0.4 is 10.6 Å². The van der Waals surface area contributed by atoms with Crippen molar-refractivity contribution >= 4 is 6.03 Å². The largest absolute Gasteiger partial charge is 0.379 e. The van der Waals surface area contributed by atoms with E-state index < -0.39 is 0 Å². The number of urea groups is 1. The van der Waals surface area contributed by atoms with Crippen LogP contribution in [0.15, 0.2) is 0 Å². The van der Waals surface area contributed by atoms with Gasteiger partial charge in [-0.25, -0.2) is 4.79 Å². The highest BCUT2D eigenvalue weighted by Gasteiger charge is 2.25. The molecule has 3 atom stereocenters. The first-order valence-corrected chi connectivity index (χ1v) is 7.41. The zero-order valence-electron chi connectivity index (χ0n) is 12.0. The maximum atomic E-state index is 11.8. The van der Waals surface area contributed by atoms with Gasteiger partial charge in [-0.2, -0.15) is 0 Å². The van der Waals surface area contributed by atoms with Crippen molar-refractivity contribution in [1.29, 1.82) is 0 Å². The SMILES string of the molecule is C[C@H](CO[C@@H]1CCOC1)NC(=O)N[C@@H](C)C1CCC1. The second-order valence-corrected chi connectivity index (χ2v) is 5.82. The van der Waals surface area contributed by atoms with Gasteiger partial charge in [0, 0.05) is 12.6 Å². The lowest BCUT2D eigenvalue weighted by molar-refractivity contribution is 0.0337. The Hall–Kier alpha value is -0.810. The predicted octanol–water partition coefficient (Wildman–Crippen LogP) is 1.67. The van der Waals surface area contributed by atoms with Crippen molar-refractivity contribution in [2.24, 2.45) is 5.92 Å². The maximum Gasteiger partial charge on any atom is 0.315 e. The van der Waals surface area contributed by atoms with Crippen LogP contribution in [-0.2, 0) is 9.47 Å². The normalized spacial score (nSPS) is 26.5. The third-order valence-corrected chi connectivity index (χ3v) is 4.06. The van der Waals surface area contributed by atoms with Gasteiger partial charge < -0.3 is 20.1 Å². The fourth-order valence-corrected chi connectivity index (χ4v) is 2.50. The molecule has 1 saturated heterocycles. The molecule has 1 saturated carbocycles.